The van der Waals surface area contributed by atoms with Gasteiger partial charge in [0.25, 0.3) is 0 Å². The fourth-order valence-electron chi connectivity index (χ4n) is 5.15. The van der Waals surface area contributed by atoms with Crippen LogP contribution in [0, 0.1) is 0 Å². The van der Waals surface area contributed by atoms with E-state index in [0.29, 0.717) is 54.1 Å². The van der Waals surface area contributed by atoms with Gasteiger partial charge in [-0.25, -0.2) is 29.6 Å². The summed E-state index contributed by atoms with van der Waals surface area (Å²) in [7, 11) is 0. The fourth-order valence-corrected chi connectivity index (χ4v) is 5.15. The SMILES string of the molecule is CCn1cc(C(F)(F)F)nc1-c1ccc(Cn2ncc3cnc(-c4c(OCc5ccccc5)ncnc4C4CC4)nc32)cc1. The summed E-state index contributed by atoms with van der Waals surface area (Å²) in [5.74, 6) is 1.48. The molecule has 7 rings (SSSR count). The van der Waals surface area contributed by atoms with E-state index in [0.717, 1.165) is 41.2 Å². The van der Waals surface area contributed by atoms with Gasteiger partial charge in [0.15, 0.2) is 17.2 Å². The van der Waals surface area contributed by atoms with E-state index >= 15 is 0 Å². The summed E-state index contributed by atoms with van der Waals surface area (Å²) in [6, 6.07) is 17.1. The number of alkyl halides is 3. The van der Waals surface area contributed by atoms with Crippen LogP contribution >= 0.6 is 0 Å². The maximum absolute atomic E-state index is 13.3. The molecule has 9 nitrogen and oxygen atoms in total. The average Bonchev–Trinajstić information content (AvgIpc) is 3.67. The lowest BCUT2D eigenvalue weighted by molar-refractivity contribution is -0.140. The summed E-state index contributed by atoms with van der Waals surface area (Å²) in [5, 5.41) is 5.31. The van der Waals surface area contributed by atoms with E-state index in [2.05, 4.69) is 25.0 Å². The van der Waals surface area contributed by atoms with Crippen molar-refractivity contribution in [1.82, 2.24) is 39.3 Å². The van der Waals surface area contributed by atoms with E-state index in [9.17, 15) is 13.2 Å². The molecule has 0 N–H and O–H groups in total. The average molecular weight is 597 g/mol. The predicted octanol–water partition coefficient (Wildman–Crippen LogP) is 6.69. The largest absolute Gasteiger partial charge is 0.472 e. The molecule has 0 aliphatic heterocycles. The third kappa shape index (κ3) is 5.50. The summed E-state index contributed by atoms with van der Waals surface area (Å²) in [6.45, 7) is 2.90. The smallest absolute Gasteiger partial charge is 0.434 e. The maximum atomic E-state index is 13.3. The first-order chi connectivity index (χ1) is 21.4. The van der Waals surface area contributed by atoms with Gasteiger partial charge in [-0.05, 0) is 30.9 Å². The Kier molecular flexibility index (Phi) is 7.03. The van der Waals surface area contributed by atoms with Crippen molar-refractivity contribution < 1.29 is 17.9 Å². The van der Waals surface area contributed by atoms with Crippen molar-refractivity contribution in [1.29, 1.82) is 0 Å². The third-order valence-corrected chi connectivity index (χ3v) is 7.58. The number of rotatable bonds is 9. The number of halogens is 3. The van der Waals surface area contributed by atoms with E-state index in [-0.39, 0.29) is 5.82 Å². The Labute approximate surface area is 250 Å². The topological polar surface area (TPSA) is 96.4 Å². The molecule has 0 bridgehead atoms. The zero-order valence-electron chi connectivity index (χ0n) is 23.7. The van der Waals surface area contributed by atoms with Crippen molar-refractivity contribution in [3.63, 3.8) is 0 Å². The molecule has 0 unspecified atom stereocenters. The van der Waals surface area contributed by atoms with Crippen LogP contribution in [0.4, 0.5) is 13.2 Å². The Morgan fingerprint density at radius 2 is 1.70 bits per heavy atom. The van der Waals surface area contributed by atoms with E-state index in [1.54, 1.807) is 36.1 Å². The molecule has 44 heavy (non-hydrogen) atoms. The highest BCUT2D eigenvalue weighted by atomic mass is 19.4. The number of imidazole rings is 1. The van der Waals surface area contributed by atoms with Crippen molar-refractivity contribution in [2.45, 2.75) is 51.6 Å². The fraction of sp³-hybridized carbons (Fsp3) is 0.250. The van der Waals surface area contributed by atoms with Crippen molar-refractivity contribution in [2.75, 3.05) is 0 Å². The van der Waals surface area contributed by atoms with Gasteiger partial charge in [0.2, 0.25) is 5.88 Å². The first-order valence-corrected chi connectivity index (χ1v) is 14.3. The number of ether oxygens (including phenoxy) is 1. The van der Waals surface area contributed by atoms with Crippen LogP contribution in [0.3, 0.4) is 0 Å². The maximum Gasteiger partial charge on any atom is 0.434 e. The van der Waals surface area contributed by atoms with Crippen molar-refractivity contribution in [3.05, 3.63) is 102 Å². The monoisotopic (exact) mass is 596 g/mol. The van der Waals surface area contributed by atoms with Crippen LogP contribution in [0.25, 0.3) is 33.8 Å². The summed E-state index contributed by atoms with van der Waals surface area (Å²) < 4.78 is 49.2. The quantitative estimate of drug-likeness (QED) is 0.183. The molecule has 1 aliphatic rings. The predicted molar refractivity (Wildman–Crippen MR) is 157 cm³/mol. The number of nitrogens with zero attached hydrogens (tertiary/aromatic N) is 8. The molecular formula is C32H27F3N8O. The lowest BCUT2D eigenvalue weighted by atomic mass is 10.1. The minimum absolute atomic E-state index is 0.273. The first kappa shape index (κ1) is 27.7. The zero-order valence-corrected chi connectivity index (χ0v) is 23.7. The van der Waals surface area contributed by atoms with Crippen LogP contribution in [0.1, 0.15) is 48.2 Å². The van der Waals surface area contributed by atoms with E-state index < -0.39 is 11.9 Å². The van der Waals surface area contributed by atoms with Gasteiger partial charge in [-0.2, -0.15) is 18.3 Å². The van der Waals surface area contributed by atoms with E-state index in [4.69, 9.17) is 9.72 Å². The Morgan fingerprint density at radius 3 is 2.43 bits per heavy atom. The molecular weight excluding hydrogens is 569 g/mol. The molecule has 222 valence electrons. The molecule has 6 aromatic rings. The summed E-state index contributed by atoms with van der Waals surface area (Å²) in [4.78, 5) is 22.5. The Bertz CT molecular complexity index is 1930. The van der Waals surface area contributed by atoms with Gasteiger partial charge < -0.3 is 9.30 Å². The van der Waals surface area contributed by atoms with E-state index in [1.165, 1.54) is 10.9 Å². The highest BCUT2D eigenvalue weighted by molar-refractivity contribution is 5.77. The molecule has 0 atom stereocenters. The number of hydrogen-bond donors (Lipinski definition) is 0. The van der Waals surface area contributed by atoms with Gasteiger partial charge in [-0.1, -0.05) is 54.6 Å². The molecule has 1 fully saturated rings. The molecule has 0 spiro atoms. The lowest BCUT2D eigenvalue weighted by Crippen LogP contribution is -2.06. The van der Waals surface area contributed by atoms with Gasteiger partial charge in [-0.3, -0.25) is 0 Å². The Hall–Kier alpha value is -5.13. The van der Waals surface area contributed by atoms with Crippen molar-refractivity contribution in [2.24, 2.45) is 0 Å². The molecule has 12 heteroatoms. The number of benzene rings is 2. The number of aryl methyl sites for hydroxylation is 1. The standard InChI is InChI=1S/C32H27F3N8O/c1-2-42-17-25(32(33,34)35)40-29(42)23-10-8-20(9-11-23)16-43-30-24(15-39-43)14-36-28(41-30)26-27(22-12-13-22)37-19-38-31(26)44-18-21-6-4-3-5-7-21/h3-11,14-15,17,19,22H,2,12-13,16,18H2,1H3. The van der Waals surface area contributed by atoms with Gasteiger partial charge in [0.05, 0.1) is 23.8 Å². The van der Waals surface area contributed by atoms with Crippen LogP contribution in [0.5, 0.6) is 5.88 Å². The van der Waals surface area contributed by atoms with Crippen molar-refractivity contribution >= 4 is 11.0 Å². The van der Waals surface area contributed by atoms with Gasteiger partial charge >= 0.3 is 6.18 Å². The lowest BCUT2D eigenvalue weighted by Gasteiger charge is -2.13. The molecule has 4 aromatic heterocycles. The molecule has 0 radical (unpaired) electrons. The summed E-state index contributed by atoms with van der Waals surface area (Å²) >= 11 is 0. The second-order valence-electron chi connectivity index (χ2n) is 10.7. The normalized spacial score (nSPS) is 13.5. The molecule has 0 saturated heterocycles. The minimum atomic E-state index is -4.50. The third-order valence-electron chi connectivity index (χ3n) is 7.58. The summed E-state index contributed by atoms with van der Waals surface area (Å²) in [5.41, 5.74) is 3.82. The van der Waals surface area contributed by atoms with Gasteiger partial charge in [0.1, 0.15) is 24.3 Å². The summed E-state index contributed by atoms with van der Waals surface area (Å²) in [6.07, 6.45) is 3.58. The van der Waals surface area contributed by atoms with Crippen LogP contribution in [0.15, 0.2) is 79.5 Å². The first-order valence-electron chi connectivity index (χ1n) is 14.3. The molecule has 0 amide bonds. The van der Waals surface area contributed by atoms with Crippen LogP contribution in [0.2, 0.25) is 0 Å². The van der Waals surface area contributed by atoms with Gasteiger partial charge in [-0.15, -0.1) is 0 Å². The Morgan fingerprint density at radius 1 is 0.909 bits per heavy atom. The van der Waals surface area contributed by atoms with Crippen LogP contribution in [-0.2, 0) is 25.9 Å². The van der Waals surface area contributed by atoms with Crippen LogP contribution < -0.4 is 4.74 Å². The molecule has 1 aliphatic carbocycles. The number of fused-ring (bicyclic) bond motifs is 1. The second-order valence-corrected chi connectivity index (χ2v) is 10.7. The second kappa shape index (κ2) is 11.2. The highest BCUT2D eigenvalue weighted by Crippen LogP contribution is 2.45. The van der Waals surface area contributed by atoms with Crippen molar-refractivity contribution in [3.8, 4) is 28.7 Å². The van der Waals surface area contributed by atoms with Gasteiger partial charge in [0, 0.05) is 30.4 Å². The number of hydrogen-bond acceptors (Lipinski definition) is 7. The Balaban J connectivity index is 1.18. The molecule has 1 saturated carbocycles. The molecule has 2 aromatic carbocycles. The van der Waals surface area contributed by atoms with Crippen LogP contribution in [-0.4, -0.2) is 39.3 Å². The highest BCUT2D eigenvalue weighted by Gasteiger charge is 2.35. The molecule has 4 heterocycles. The minimum Gasteiger partial charge on any atom is -0.472 e. The van der Waals surface area contributed by atoms with E-state index in [1.807, 2.05) is 42.5 Å². The zero-order chi connectivity index (χ0) is 30.3. The number of aromatic nitrogens is 8.